The smallest absolute Gasteiger partial charge is 0.303 e. The molecule has 33 heavy (non-hydrogen) atoms. The van der Waals surface area contributed by atoms with Crippen LogP contribution >= 0.6 is 0 Å². The van der Waals surface area contributed by atoms with E-state index in [4.69, 9.17) is 30.0 Å². The maximum Gasteiger partial charge on any atom is 0.303 e. The van der Waals surface area contributed by atoms with Crippen LogP contribution in [-0.2, 0) is 23.7 Å². The maximum absolute atomic E-state index is 11.7. The van der Waals surface area contributed by atoms with Crippen molar-refractivity contribution in [1.82, 2.24) is 0 Å². The van der Waals surface area contributed by atoms with Crippen molar-refractivity contribution in [2.24, 2.45) is 28.0 Å². The number of hydrogen-bond donors (Lipinski definition) is 1. The molecule has 0 aromatic carbocycles. The predicted molar refractivity (Wildman–Crippen MR) is 119 cm³/mol. The van der Waals surface area contributed by atoms with Crippen molar-refractivity contribution in [3.05, 3.63) is 20.9 Å². The summed E-state index contributed by atoms with van der Waals surface area (Å²) in [5, 5.41) is 18.7. The Morgan fingerprint density at radius 3 is 2.33 bits per heavy atom. The summed E-state index contributed by atoms with van der Waals surface area (Å²) in [6, 6.07) is -0.677. The van der Waals surface area contributed by atoms with Crippen LogP contribution in [0.4, 0.5) is 0 Å². The van der Waals surface area contributed by atoms with Gasteiger partial charge in [0.25, 0.3) is 0 Å². The molecule has 2 fully saturated rings. The highest BCUT2D eigenvalue weighted by Gasteiger charge is 2.51. The van der Waals surface area contributed by atoms with E-state index >= 15 is 0 Å². The maximum atomic E-state index is 11.7. The van der Waals surface area contributed by atoms with Gasteiger partial charge in [0.05, 0.1) is 18.2 Å². The first-order valence-corrected chi connectivity index (χ1v) is 11.6. The van der Waals surface area contributed by atoms with Crippen molar-refractivity contribution < 1.29 is 28.8 Å². The minimum absolute atomic E-state index is 0.0758. The van der Waals surface area contributed by atoms with E-state index in [0.29, 0.717) is 6.42 Å². The molecule has 2 saturated heterocycles. The standard InChI is InChI=1S/C21H36N6O6/c1-7-8-9-14-18(30-13(6)28)16(29)19(20(31-14)25-27-23)33-21-15(24-26-22)11(4)12(5)17(32-21)10(2)3/h10-12,14-21,29H,7-9H2,1-6H3/t11-,12-,14-,15?,16+,17?,18?,19-,20?,21+/m0/s1. The molecule has 0 aliphatic carbocycles. The summed E-state index contributed by atoms with van der Waals surface area (Å²) in [7, 11) is 0. The molecule has 0 amide bonds. The van der Waals surface area contributed by atoms with E-state index in [-0.39, 0.29) is 23.9 Å². The third kappa shape index (κ3) is 6.50. The highest BCUT2D eigenvalue weighted by Crippen LogP contribution is 2.39. The third-order valence-corrected chi connectivity index (χ3v) is 6.53. The largest absolute Gasteiger partial charge is 0.457 e. The first-order chi connectivity index (χ1) is 15.7. The topological polar surface area (TPSA) is 172 Å². The van der Waals surface area contributed by atoms with Crippen LogP contribution in [0.5, 0.6) is 0 Å². The fourth-order valence-electron chi connectivity index (χ4n) is 4.64. The SMILES string of the molecule is CCCC[C@@H]1OC(N=[N+]=[N-])[C@@H](O[C@H]2OC(C(C)C)[C@@H](C)[C@H](C)C2N=[N+]=[N-])[C@H](O)C1OC(C)=O. The molecule has 0 radical (unpaired) electrons. The Bertz CT molecular complexity index is 756. The average molecular weight is 469 g/mol. The normalized spacial score (nSPS) is 38.8. The molecule has 0 spiro atoms. The second kappa shape index (κ2) is 12.4. The van der Waals surface area contributed by atoms with Gasteiger partial charge in [0.15, 0.2) is 18.6 Å². The van der Waals surface area contributed by atoms with Crippen molar-refractivity contribution in [1.29, 1.82) is 0 Å². The molecule has 0 aromatic heterocycles. The summed E-state index contributed by atoms with van der Waals surface area (Å²) in [4.78, 5) is 17.5. The lowest BCUT2D eigenvalue weighted by atomic mass is 9.78. The second-order valence-electron chi connectivity index (χ2n) is 9.20. The first-order valence-electron chi connectivity index (χ1n) is 11.6. The van der Waals surface area contributed by atoms with Crippen LogP contribution in [0.25, 0.3) is 20.9 Å². The van der Waals surface area contributed by atoms with Gasteiger partial charge in [0.1, 0.15) is 12.2 Å². The number of aliphatic hydroxyl groups excluding tert-OH is 1. The number of carbonyl (C=O) groups excluding carboxylic acids is 1. The van der Waals surface area contributed by atoms with Gasteiger partial charge >= 0.3 is 5.97 Å². The van der Waals surface area contributed by atoms with Crippen molar-refractivity contribution in [2.75, 3.05) is 0 Å². The van der Waals surface area contributed by atoms with Gasteiger partial charge in [-0.1, -0.05) is 57.7 Å². The second-order valence-corrected chi connectivity index (χ2v) is 9.20. The number of unbranched alkanes of at least 4 members (excludes halogenated alkanes) is 1. The molecule has 2 aliphatic rings. The lowest BCUT2D eigenvalue weighted by molar-refractivity contribution is -0.309. The van der Waals surface area contributed by atoms with Gasteiger partial charge in [-0.2, -0.15) is 0 Å². The van der Waals surface area contributed by atoms with Crippen molar-refractivity contribution in [2.45, 2.75) is 110 Å². The Balaban J connectivity index is 2.37. The van der Waals surface area contributed by atoms with Crippen LogP contribution < -0.4 is 0 Å². The summed E-state index contributed by atoms with van der Waals surface area (Å²) >= 11 is 0. The van der Waals surface area contributed by atoms with E-state index in [1.54, 1.807) is 0 Å². The fraction of sp³-hybridized carbons (Fsp3) is 0.952. The van der Waals surface area contributed by atoms with E-state index < -0.39 is 48.9 Å². The molecule has 186 valence electrons. The summed E-state index contributed by atoms with van der Waals surface area (Å²) < 4.78 is 23.6. The first kappa shape index (κ1) is 27.2. The highest BCUT2D eigenvalue weighted by atomic mass is 16.7. The zero-order valence-corrected chi connectivity index (χ0v) is 20.1. The van der Waals surface area contributed by atoms with Gasteiger partial charge in [-0.3, -0.25) is 4.79 Å². The van der Waals surface area contributed by atoms with Crippen molar-refractivity contribution in [3.8, 4) is 0 Å². The van der Waals surface area contributed by atoms with Crippen LogP contribution in [0.3, 0.4) is 0 Å². The number of nitrogens with zero attached hydrogens (tertiary/aromatic N) is 6. The van der Waals surface area contributed by atoms with E-state index in [2.05, 4.69) is 20.1 Å². The Morgan fingerprint density at radius 1 is 1.12 bits per heavy atom. The molecule has 2 rings (SSSR count). The summed E-state index contributed by atoms with van der Waals surface area (Å²) in [6.07, 6.45) is -4.46. The Morgan fingerprint density at radius 2 is 1.79 bits per heavy atom. The van der Waals surface area contributed by atoms with Gasteiger partial charge in [-0.15, -0.1) is 0 Å². The lowest BCUT2D eigenvalue weighted by Crippen LogP contribution is -2.61. The molecule has 12 heteroatoms. The van der Waals surface area contributed by atoms with Gasteiger partial charge in [-0.05, 0) is 35.2 Å². The van der Waals surface area contributed by atoms with E-state index in [1.807, 2.05) is 34.6 Å². The Hall–Kier alpha value is -2.07. The summed E-state index contributed by atoms with van der Waals surface area (Å²) in [5.41, 5.74) is 18.2. The number of carbonyl (C=O) groups is 1. The molecular weight excluding hydrogens is 432 g/mol. The quantitative estimate of drug-likeness (QED) is 0.229. The number of hydrogen-bond acceptors (Lipinski definition) is 8. The highest BCUT2D eigenvalue weighted by molar-refractivity contribution is 5.66. The molecule has 0 bridgehead atoms. The van der Waals surface area contributed by atoms with E-state index in [1.165, 1.54) is 6.92 Å². The molecular formula is C21H36N6O6. The minimum Gasteiger partial charge on any atom is -0.457 e. The Kier molecular flexibility index (Phi) is 10.2. The number of ether oxygens (including phenoxy) is 4. The zero-order chi connectivity index (χ0) is 24.7. The fourth-order valence-corrected chi connectivity index (χ4v) is 4.64. The van der Waals surface area contributed by atoms with Crippen LogP contribution in [0.2, 0.25) is 0 Å². The molecule has 2 heterocycles. The third-order valence-electron chi connectivity index (χ3n) is 6.53. The lowest BCUT2D eigenvalue weighted by Gasteiger charge is -2.48. The molecule has 0 saturated carbocycles. The number of rotatable bonds is 9. The van der Waals surface area contributed by atoms with Crippen LogP contribution in [0.1, 0.15) is 60.8 Å². The summed E-state index contributed by atoms with van der Waals surface area (Å²) in [6.45, 7) is 11.3. The minimum atomic E-state index is -1.34. The molecule has 12 nitrogen and oxygen atoms in total. The Labute approximate surface area is 194 Å². The van der Waals surface area contributed by atoms with Gasteiger partial charge in [0.2, 0.25) is 0 Å². The number of esters is 1. The van der Waals surface area contributed by atoms with Crippen molar-refractivity contribution in [3.63, 3.8) is 0 Å². The monoisotopic (exact) mass is 468 g/mol. The number of aliphatic hydroxyl groups is 1. The molecule has 4 unspecified atom stereocenters. The van der Waals surface area contributed by atoms with E-state index in [9.17, 15) is 9.90 Å². The average Bonchev–Trinajstić information content (AvgIpc) is 2.75. The van der Waals surface area contributed by atoms with E-state index in [0.717, 1.165) is 12.8 Å². The molecule has 0 aromatic rings. The summed E-state index contributed by atoms with van der Waals surface area (Å²) in [5.74, 6) is -0.400. The van der Waals surface area contributed by atoms with Crippen molar-refractivity contribution >= 4 is 5.97 Å². The van der Waals surface area contributed by atoms with Crippen LogP contribution in [0.15, 0.2) is 10.2 Å². The number of azide groups is 2. The predicted octanol–water partition coefficient (Wildman–Crippen LogP) is 4.22. The van der Waals surface area contributed by atoms with Gasteiger partial charge in [-0.25, -0.2) is 0 Å². The van der Waals surface area contributed by atoms with Crippen LogP contribution in [-0.4, -0.2) is 60.2 Å². The molecule has 10 atom stereocenters. The molecule has 2 aliphatic heterocycles. The molecule has 1 N–H and O–H groups in total. The van der Waals surface area contributed by atoms with Crippen LogP contribution in [0, 0.1) is 17.8 Å². The zero-order valence-electron chi connectivity index (χ0n) is 20.1. The van der Waals surface area contributed by atoms with Gasteiger partial charge in [0, 0.05) is 16.7 Å². The van der Waals surface area contributed by atoms with Gasteiger partial charge < -0.3 is 24.1 Å².